The molecular formula is C16H23N3O4S. The van der Waals surface area contributed by atoms with Gasteiger partial charge in [0.25, 0.3) is 0 Å². The van der Waals surface area contributed by atoms with E-state index in [2.05, 4.69) is 4.72 Å². The van der Waals surface area contributed by atoms with Crippen LogP contribution in [0.5, 0.6) is 0 Å². The number of nitrogens with two attached hydrogens (primary N) is 1. The lowest BCUT2D eigenvalue weighted by atomic mass is 10.0. The molecule has 0 bridgehead atoms. The van der Waals surface area contributed by atoms with Crippen molar-refractivity contribution in [2.75, 3.05) is 19.6 Å². The third-order valence-electron chi connectivity index (χ3n) is 4.64. The van der Waals surface area contributed by atoms with Crippen LogP contribution >= 0.6 is 0 Å². The molecule has 2 aliphatic rings. The lowest BCUT2D eigenvalue weighted by Crippen LogP contribution is -2.50. The standard InChI is InChI=1S/C16H23N3O4S/c17-8-14-3-1-2-6-19(14)16(20)9-18-24(21,22)15-5-4-12-10-23-11-13(12)7-15/h4-5,7,14,18H,1-3,6,8-11,17H2. The largest absolute Gasteiger partial charge is 0.372 e. The minimum Gasteiger partial charge on any atom is -0.372 e. The Labute approximate surface area is 142 Å². The molecular weight excluding hydrogens is 330 g/mol. The average Bonchev–Trinajstić information content (AvgIpc) is 3.07. The lowest BCUT2D eigenvalue weighted by Gasteiger charge is -2.35. The van der Waals surface area contributed by atoms with Crippen LogP contribution in [-0.4, -0.2) is 44.9 Å². The molecule has 8 heteroatoms. The molecule has 0 spiro atoms. The second kappa shape index (κ2) is 7.18. The summed E-state index contributed by atoms with van der Waals surface area (Å²) in [7, 11) is -3.72. The first-order chi connectivity index (χ1) is 11.5. The molecule has 1 fully saturated rings. The molecule has 3 N–H and O–H groups in total. The molecule has 1 saturated heterocycles. The van der Waals surface area contributed by atoms with E-state index in [1.165, 1.54) is 0 Å². The Morgan fingerprint density at radius 1 is 1.29 bits per heavy atom. The fourth-order valence-electron chi connectivity index (χ4n) is 3.23. The number of likely N-dealkylation sites (tertiary alicyclic amines) is 1. The van der Waals surface area contributed by atoms with Crippen molar-refractivity contribution >= 4 is 15.9 Å². The maximum Gasteiger partial charge on any atom is 0.241 e. The molecule has 0 aromatic heterocycles. The molecule has 1 atom stereocenters. The zero-order chi connectivity index (χ0) is 17.2. The van der Waals surface area contributed by atoms with Gasteiger partial charge in [0.1, 0.15) is 0 Å². The number of hydrogen-bond acceptors (Lipinski definition) is 5. The van der Waals surface area contributed by atoms with Crippen LogP contribution < -0.4 is 10.5 Å². The Morgan fingerprint density at radius 2 is 2.08 bits per heavy atom. The molecule has 0 saturated carbocycles. The van der Waals surface area contributed by atoms with E-state index >= 15 is 0 Å². The molecule has 7 nitrogen and oxygen atoms in total. The van der Waals surface area contributed by atoms with Gasteiger partial charge in [-0.1, -0.05) is 6.07 Å². The summed E-state index contributed by atoms with van der Waals surface area (Å²) in [6, 6.07) is 4.92. The van der Waals surface area contributed by atoms with Crippen LogP contribution in [0.25, 0.3) is 0 Å². The lowest BCUT2D eigenvalue weighted by molar-refractivity contribution is -0.133. The van der Waals surface area contributed by atoms with Crippen LogP contribution in [0.15, 0.2) is 23.1 Å². The maximum absolute atomic E-state index is 12.4. The smallest absolute Gasteiger partial charge is 0.241 e. The summed E-state index contributed by atoms with van der Waals surface area (Å²) in [5, 5.41) is 0. The van der Waals surface area contributed by atoms with Gasteiger partial charge >= 0.3 is 0 Å². The minimum atomic E-state index is -3.72. The number of sulfonamides is 1. The maximum atomic E-state index is 12.4. The monoisotopic (exact) mass is 353 g/mol. The summed E-state index contributed by atoms with van der Waals surface area (Å²) in [5.74, 6) is -0.224. The summed E-state index contributed by atoms with van der Waals surface area (Å²) in [6.07, 6.45) is 2.86. The number of fused-ring (bicyclic) bond motifs is 1. The number of nitrogens with one attached hydrogen (secondary N) is 1. The van der Waals surface area contributed by atoms with Gasteiger partial charge in [-0.2, -0.15) is 0 Å². The van der Waals surface area contributed by atoms with E-state index in [-0.39, 0.29) is 23.4 Å². The molecule has 1 aromatic carbocycles. The van der Waals surface area contributed by atoms with Gasteiger partial charge in [0.15, 0.2) is 0 Å². The first-order valence-corrected chi connectivity index (χ1v) is 9.68. The highest BCUT2D eigenvalue weighted by Crippen LogP contribution is 2.23. The number of rotatable bonds is 5. The van der Waals surface area contributed by atoms with Crippen molar-refractivity contribution in [1.29, 1.82) is 0 Å². The Balaban J connectivity index is 1.65. The quantitative estimate of drug-likeness (QED) is 0.794. The third kappa shape index (κ3) is 3.61. The van der Waals surface area contributed by atoms with E-state index in [0.29, 0.717) is 26.3 Å². The van der Waals surface area contributed by atoms with Crippen molar-refractivity contribution in [1.82, 2.24) is 9.62 Å². The molecule has 2 heterocycles. The van der Waals surface area contributed by atoms with Crippen molar-refractivity contribution in [3.63, 3.8) is 0 Å². The number of piperidine rings is 1. The first kappa shape index (κ1) is 17.3. The third-order valence-corrected chi connectivity index (χ3v) is 6.04. The minimum absolute atomic E-state index is 0.00731. The highest BCUT2D eigenvalue weighted by Gasteiger charge is 2.27. The van der Waals surface area contributed by atoms with Gasteiger partial charge < -0.3 is 15.4 Å². The predicted octanol–water partition coefficient (Wildman–Crippen LogP) is 0.335. The number of benzene rings is 1. The van der Waals surface area contributed by atoms with Crippen LogP contribution in [0.4, 0.5) is 0 Å². The van der Waals surface area contributed by atoms with Gasteiger partial charge in [-0.15, -0.1) is 0 Å². The second-order valence-corrected chi connectivity index (χ2v) is 7.99. The fourth-order valence-corrected chi connectivity index (χ4v) is 4.26. The van der Waals surface area contributed by atoms with Crippen molar-refractivity contribution in [2.24, 2.45) is 5.73 Å². The SMILES string of the molecule is NCC1CCCCN1C(=O)CNS(=O)(=O)c1ccc2c(c1)COC2. The normalized spacial score (nSPS) is 20.9. The van der Waals surface area contributed by atoms with Crippen molar-refractivity contribution in [3.8, 4) is 0 Å². The predicted molar refractivity (Wildman–Crippen MR) is 88.5 cm³/mol. The summed E-state index contributed by atoms with van der Waals surface area (Å²) in [4.78, 5) is 14.2. The van der Waals surface area contributed by atoms with Gasteiger partial charge in [0.05, 0.1) is 24.7 Å². The van der Waals surface area contributed by atoms with E-state index < -0.39 is 10.0 Å². The molecule has 0 radical (unpaired) electrons. The number of nitrogens with zero attached hydrogens (tertiary/aromatic N) is 1. The molecule has 1 amide bonds. The molecule has 1 unspecified atom stereocenters. The molecule has 2 aliphatic heterocycles. The van der Waals surface area contributed by atoms with E-state index in [1.54, 1.807) is 23.1 Å². The summed E-state index contributed by atoms with van der Waals surface area (Å²) in [6.45, 7) is 1.73. The van der Waals surface area contributed by atoms with Crippen LogP contribution in [0.1, 0.15) is 30.4 Å². The highest BCUT2D eigenvalue weighted by molar-refractivity contribution is 7.89. The van der Waals surface area contributed by atoms with Gasteiger partial charge in [-0.3, -0.25) is 4.79 Å². The van der Waals surface area contributed by atoms with Crippen LogP contribution in [0.2, 0.25) is 0 Å². The van der Waals surface area contributed by atoms with Crippen molar-refractivity contribution < 1.29 is 17.9 Å². The summed E-state index contributed by atoms with van der Waals surface area (Å²) >= 11 is 0. The Kier molecular flexibility index (Phi) is 5.19. The van der Waals surface area contributed by atoms with E-state index in [1.807, 2.05) is 0 Å². The van der Waals surface area contributed by atoms with Crippen molar-refractivity contribution in [2.45, 2.75) is 43.4 Å². The van der Waals surface area contributed by atoms with Crippen molar-refractivity contribution in [3.05, 3.63) is 29.3 Å². The zero-order valence-corrected chi connectivity index (χ0v) is 14.3. The van der Waals surface area contributed by atoms with E-state index in [0.717, 1.165) is 30.4 Å². The Hall–Kier alpha value is -1.48. The number of carbonyl (C=O) groups excluding carboxylic acids is 1. The van der Waals surface area contributed by atoms with Crippen LogP contribution in [0.3, 0.4) is 0 Å². The molecule has 132 valence electrons. The molecule has 0 aliphatic carbocycles. The Morgan fingerprint density at radius 3 is 2.88 bits per heavy atom. The Bertz CT molecular complexity index is 720. The van der Waals surface area contributed by atoms with Gasteiger partial charge in [0, 0.05) is 19.1 Å². The first-order valence-electron chi connectivity index (χ1n) is 8.20. The average molecular weight is 353 g/mol. The van der Waals surface area contributed by atoms with E-state index in [9.17, 15) is 13.2 Å². The number of carbonyl (C=O) groups is 1. The number of amides is 1. The van der Waals surface area contributed by atoms with Gasteiger partial charge in [-0.25, -0.2) is 13.1 Å². The van der Waals surface area contributed by atoms with E-state index in [4.69, 9.17) is 10.5 Å². The number of ether oxygens (including phenoxy) is 1. The molecule has 3 rings (SSSR count). The molecule has 24 heavy (non-hydrogen) atoms. The molecule has 1 aromatic rings. The van der Waals surface area contributed by atoms with Crippen LogP contribution in [0, 0.1) is 0 Å². The van der Waals surface area contributed by atoms with Crippen LogP contribution in [-0.2, 0) is 32.8 Å². The topological polar surface area (TPSA) is 102 Å². The fraction of sp³-hybridized carbons (Fsp3) is 0.562. The second-order valence-electron chi connectivity index (χ2n) is 6.22. The van der Waals surface area contributed by atoms with Gasteiger partial charge in [-0.05, 0) is 42.5 Å². The summed E-state index contributed by atoms with van der Waals surface area (Å²) in [5.41, 5.74) is 7.59. The zero-order valence-electron chi connectivity index (χ0n) is 13.5. The summed E-state index contributed by atoms with van der Waals surface area (Å²) < 4.78 is 32.5. The number of hydrogen-bond donors (Lipinski definition) is 2. The highest BCUT2D eigenvalue weighted by atomic mass is 32.2. The van der Waals surface area contributed by atoms with Gasteiger partial charge in [0.2, 0.25) is 15.9 Å².